The molecule has 2 saturated carbocycles. The van der Waals surface area contributed by atoms with Gasteiger partial charge in [0.15, 0.2) is 0 Å². The fourth-order valence-corrected chi connectivity index (χ4v) is 3.57. The zero-order valence-corrected chi connectivity index (χ0v) is 10.6. The largest absolute Gasteiger partial charge is 0.381 e. The van der Waals surface area contributed by atoms with Crippen LogP contribution in [0.1, 0.15) is 25.7 Å². The Hall–Kier alpha value is -0.400. The molecule has 2 fully saturated rings. The van der Waals surface area contributed by atoms with Crippen LogP contribution in [0, 0.1) is 11.8 Å². The molecule has 2 aliphatic carbocycles. The number of rotatable bonds is 2. The van der Waals surface area contributed by atoms with Gasteiger partial charge in [0.1, 0.15) is 0 Å². The summed E-state index contributed by atoms with van der Waals surface area (Å²) in [5.74, 6) is 1.79. The van der Waals surface area contributed by atoms with Crippen molar-refractivity contribution in [3.05, 3.63) is 28.2 Å². The molecule has 3 rings (SSSR count). The third kappa shape index (κ3) is 1.91. The second-order valence-electron chi connectivity index (χ2n) is 5.05. The molecule has 1 aromatic rings. The third-order valence-electron chi connectivity index (χ3n) is 4.01. The number of hydrogen-bond acceptors (Lipinski definition) is 1. The van der Waals surface area contributed by atoms with Crippen LogP contribution in [0.3, 0.4) is 0 Å². The van der Waals surface area contributed by atoms with Crippen molar-refractivity contribution in [3.8, 4) is 0 Å². The maximum atomic E-state index is 6.16. The molecule has 0 heterocycles. The van der Waals surface area contributed by atoms with E-state index in [4.69, 9.17) is 23.2 Å². The Balaban J connectivity index is 1.76. The van der Waals surface area contributed by atoms with Gasteiger partial charge in [0, 0.05) is 11.1 Å². The minimum Gasteiger partial charge on any atom is -0.381 e. The van der Waals surface area contributed by atoms with Crippen molar-refractivity contribution in [1.29, 1.82) is 0 Å². The van der Waals surface area contributed by atoms with E-state index < -0.39 is 0 Å². The fraction of sp³-hybridized carbons (Fsp3) is 0.538. The smallest absolute Gasteiger partial charge is 0.0638 e. The minimum atomic E-state index is 0.606. The molecule has 0 amide bonds. The monoisotopic (exact) mass is 255 g/mol. The van der Waals surface area contributed by atoms with Gasteiger partial charge in [-0.3, -0.25) is 0 Å². The first-order valence-corrected chi connectivity index (χ1v) is 6.69. The van der Waals surface area contributed by atoms with Crippen molar-refractivity contribution in [2.24, 2.45) is 11.8 Å². The Labute approximate surface area is 106 Å². The van der Waals surface area contributed by atoms with Crippen molar-refractivity contribution in [2.75, 3.05) is 5.32 Å². The van der Waals surface area contributed by atoms with Gasteiger partial charge in [0.2, 0.25) is 0 Å². The molecule has 3 atom stereocenters. The van der Waals surface area contributed by atoms with E-state index in [-0.39, 0.29) is 0 Å². The minimum absolute atomic E-state index is 0.606. The zero-order valence-electron chi connectivity index (χ0n) is 9.05. The molecule has 1 nitrogen and oxygen atoms in total. The van der Waals surface area contributed by atoms with Crippen LogP contribution >= 0.6 is 23.2 Å². The summed E-state index contributed by atoms with van der Waals surface area (Å²) in [6, 6.07) is 6.22. The Morgan fingerprint density at radius 1 is 1.12 bits per heavy atom. The SMILES string of the molecule is Clc1ccc(Cl)c(NC2C[C@@H]3CC[C@H]2C3)c1. The van der Waals surface area contributed by atoms with E-state index in [0.29, 0.717) is 6.04 Å². The summed E-state index contributed by atoms with van der Waals surface area (Å²) in [4.78, 5) is 0. The maximum Gasteiger partial charge on any atom is 0.0638 e. The van der Waals surface area contributed by atoms with Gasteiger partial charge < -0.3 is 5.32 Å². The molecule has 0 spiro atoms. The zero-order chi connectivity index (χ0) is 11.1. The summed E-state index contributed by atoms with van der Waals surface area (Å²) in [5, 5.41) is 5.08. The Morgan fingerprint density at radius 2 is 2.00 bits per heavy atom. The summed E-state index contributed by atoms with van der Waals surface area (Å²) < 4.78 is 0. The third-order valence-corrected chi connectivity index (χ3v) is 4.57. The summed E-state index contributed by atoms with van der Waals surface area (Å²) in [5.41, 5.74) is 0.992. The van der Waals surface area contributed by atoms with Gasteiger partial charge in [-0.2, -0.15) is 0 Å². The lowest BCUT2D eigenvalue weighted by atomic mass is 9.95. The van der Waals surface area contributed by atoms with E-state index in [2.05, 4.69) is 5.32 Å². The normalized spacial score (nSPS) is 32.0. The second-order valence-corrected chi connectivity index (χ2v) is 5.89. The first-order chi connectivity index (χ1) is 7.72. The summed E-state index contributed by atoms with van der Waals surface area (Å²) in [6.45, 7) is 0. The van der Waals surface area contributed by atoms with E-state index in [1.54, 1.807) is 0 Å². The lowest BCUT2D eigenvalue weighted by Crippen LogP contribution is -2.25. The Bertz CT molecular complexity index is 405. The van der Waals surface area contributed by atoms with Crippen molar-refractivity contribution in [1.82, 2.24) is 0 Å². The highest BCUT2D eigenvalue weighted by Gasteiger charge is 2.39. The van der Waals surface area contributed by atoms with Crippen LogP contribution in [-0.4, -0.2) is 6.04 Å². The van der Waals surface area contributed by atoms with Crippen LogP contribution in [0.25, 0.3) is 0 Å². The highest BCUT2D eigenvalue weighted by atomic mass is 35.5. The van der Waals surface area contributed by atoms with Crippen molar-refractivity contribution < 1.29 is 0 Å². The van der Waals surface area contributed by atoms with Gasteiger partial charge in [-0.25, -0.2) is 0 Å². The standard InChI is InChI=1S/C13H15Cl2N/c14-10-3-4-11(15)13(7-10)16-12-6-8-1-2-9(12)5-8/h3-4,7-9,12,16H,1-2,5-6H2/t8-,9+,12?/m1/s1. The first-order valence-electron chi connectivity index (χ1n) is 5.94. The lowest BCUT2D eigenvalue weighted by Gasteiger charge is -2.24. The molecule has 1 unspecified atom stereocenters. The summed E-state index contributed by atoms with van der Waals surface area (Å²) >= 11 is 12.1. The van der Waals surface area contributed by atoms with Gasteiger partial charge in [0.25, 0.3) is 0 Å². The van der Waals surface area contributed by atoms with Gasteiger partial charge in [0.05, 0.1) is 10.7 Å². The van der Waals surface area contributed by atoms with Crippen molar-refractivity contribution >= 4 is 28.9 Å². The molecule has 1 aromatic carbocycles. The van der Waals surface area contributed by atoms with E-state index in [9.17, 15) is 0 Å². The summed E-state index contributed by atoms with van der Waals surface area (Å²) in [6.07, 6.45) is 5.50. The van der Waals surface area contributed by atoms with Crippen LogP contribution in [0.2, 0.25) is 10.0 Å². The molecule has 0 aromatic heterocycles. The number of benzene rings is 1. The quantitative estimate of drug-likeness (QED) is 0.815. The molecule has 86 valence electrons. The van der Waals surface area contributed by atoms with Crippen LogP contribution in [0.15, 0.2) is 18.2 Å². The predicted molar refractivity (Wildman–Crippen MR) is 69.3 cm³/mol. The van der Waals surface area contributed by atoms with Gasteiger partial charge in [-0.15, -0.1) is 0 Å². The highest BCUT2D eigenvalue weighted by Crippen LogP contribution is 2.46. The molecule has 1 N–H and O–H groups in total. The van der Waals surface area contributed by atoms with Gasteiger partial charge in [-0.05, 0) is 49.3 Å². The number of halogens is 2. The van der Waals surface area contributed by atoms with E-state index in [1.807, 2.05) is 18.2 Å². The van der Waals surface area contributed by atoms with E-state index >= 15 is 0 Å². The molecule has 0 saturated heterocycles. The lowest BCUT2D eigenvalue weighted by molar-refractivity contribution is 0.440. The van der Waals surface area contributed by atoms with Gasteiger partial charge >= 0.3 is 0 Å². The number of hydrogen-bond donors (Lipinski definition) is 1. The highest BCUT2D eigenvalue weighted by molar-refractivity contribution is 6.35. The summed E-state index contributed by atoms with van der Waals surface area (Å²) in [7, 11) is 0. The van der Waals surface area contributed by atoms with E-state index in [0.717, 1.165) is 27.6 Å². The number of fused-ring (bicyclic) bond motifs is 2. The second kappa shape index (κ2) is 4.12. The first kappa shape index (κ1) is 10.7. The molecular weight excluding hydrogens is 241 g/mol. The molecule has 2 aliphatic rings. The number of anilines is 1. The molecule has 16 heavy (non-hydrogen) atoms. The number of nitrogens with one attached hydrogen (secondary N) is 1. The maximum absolute atomic E-state index is 6.16. The molecule has 2 bridgehead atoms. The van der Waals surface area contributed by atoms with Crippen LogP contribution in [0.5, 0.6) is 0 Å². The predicted octanol–water partition coefficient (Wildman–Crippen LogP) is 4.59. The van der Waals surface area contributed by atoms with Crippen LogP contribution < -0.4 is 5.32 Å². The van der Waals surface area contributed by atoms with Crippen molar-refractivity contribution in [3.63, 3.8) is 0 Å². The average molecular weight is 256 g/mol. The van der Waals surface area contributed by atoms with Crippen LogP contribution in [0.4, 0.5) is 5.69 Å². The molecular formula is C13H15Cl2N. The topological polar surface area (TPSA) is 12.0 Å². The molecule has 0 aliphatic heterocycles. The van der Waals surface area contributed by atoms with Crippen molar-refractivity contribution in [2.45, 2.75) is 31.7 Å². The molecule has 0 radical (unpaired) electrons. The van der Waals surface area contributed by atoms with Gasteiger partial charge in [-0.1, -0.05) is 29.6 Å². The Kier molecular flexibility index (Phi) is 2.76. The van der Waals surface area contributed by atoms with Crippen LogP contribution in [-0.2, 0) is 0 Å². The average Bonchev–Trinajstić information content (AvgIpc) is 2.85. The fourth-order valence-electron chi connectivity index (χ4n) is 3.23. The Morgan fingerprint density at radius 3 is 2.69 bits per heavy atom. The molecule has 3 heteroatoms. The van der Waals surface area contributed by atoms with E-state index in [1.165, 1.54) is 25.7 Å².